The Hall–Kier alpha value is -1.59. The molecule has 0 spiro atoms. The van der Waals surface area contributed by atoms with Crippen LogP contribution < -0.4 is 21.3 Å². The lowest BCUT2D eigenvalue weighted by atomic mass is 9.88. The molecule has 2 rings (SSSR count). The maximum Gasteiger partial charge on any atom is 0.407 e. The maximum atomic E-state index is 11.7. The summed E-state index contributed by atoms with van der Waals surface area (Å²) in [4.78, 5) is 16.1. The van der Waals surface area contributed by atoms with Gasteiger partial charge in [0, 0.05) is 51.5 Å². The van der Waals surface area contributed by atoms with E-state index in [0.29, 0.717) is 13.1 Å². The molecular weight excluding hydrogens is 533 g/mol. The highest BCUT2D eigenvalue weighted by Gasteiger charge is 2.34. The number of amides is 1. The Morgan fingerprint density at radius 3 is 2.36 bits per heavy atom. The maximum absolute atomic E-state index is 11.7. The van der Waals surface area contributed by atoms with Crippen molar-refractivity contribution in [2.24, 2.45) is 4.99 Å². The standard InChI is InChI=1S/C24H41N5O3.HI/c1-19(20-10-7-6-8-11-20)29-24(12-16-31-17-13-24)18-28-21(25-5)26-14-9-15-27-22(30)32-23(2,3)4;/h6-8,10-11,19,29H,9,12-18H2,1-5H3,(H,27,30)(H2,25,26,28);1H. The normalized spacial score (nSPS) is 16.8. The second-order valence-electron chi connectivity index (χ2n) is 9.30. The fraction of sp³-hybridized carbons (Fsp3) is 0.667. The van der Waals surface area contributed by atoms with E-state index in [-0.39, 0.29) is 41.7 Å². The number of hydrogen-bond acceptors (Lipinski definition) is 5. The molecule has 8 nitrogen and oxygen atoms in total. The van der Waals surface area contributed by atoms with Crippen LogP contribution in [0.4, 0.5) is 4.79 Å². The van der Waals surface area contributed by atoms with Crippen LogP contribution in [0.1, 0.15) is 58.6 Å². The van der Waals surface area contributed by atoms with Crippen LogP contribution in [0.2, 0.25) is 0 Å². The number of aliphatic imine (C=N–C) groups is 1. The molecule has 1 aromatic carbocycles. The Balaban J connectivity index is 0.00000544. The Morgan fingerprint density at radius 2 is 1.76 bits per heavy atom. The molecule has 1 heterocycles. The zero-order chi connectivity index (χ0) is 23.5. The monoisotopic (exact) mass is 575 g/mol. The van der Waals surface area contributed by atoms with Crippen molar-refractivity contribution in [1.82, 2.24) is 21.3 Å². The van der Waals surface area contributed by atoms with Crippen molar-refractivity contribution >= 4 is 36.0 Å². The number of carbonyl (C=O) groups excluding carboxylic acids is 1. The molecule has 0 aliphatic carbocycles. The van der Waals surface area contributed by atoms with Gasteiger partial charge in [-0.2, -0.15) is 0 Å². The zero-order valence-electron chi connectivity index (χ0n) is 20.7. The second-order valence-corrected chi connectivity index (χ2v) is 9.30. The van der Waals surface area contributed by atoms with Crippen molar-refractivity contribution in [3.63, 3.8) is 0 Å². The van der Waals surface area contributed by atoms with Crippen molar-refractivity contribution in [1.29, 1.82) is 0 Å². The lowest BCUT2D eigenvalue weighted by molar-refractivity contribution is 0.0354. The van der Waals surface area contributed by atoms with E-state index in [4.69, 9.17) is 9.47 Å². The highest BCUT2D eigenvalue weighted by Crippen LogP contribution is 2.25. The third-order valence-corrected chi connectivity index (χ3v) is 5.40. The summed E-state index contributed by atoms with van der Waals surface area (Å²) < 4.78 is 10.9. The number of hydrogen-bond donors (Lipinski definition) is 4. The number of nitrogens with zero attached hydrogens (tertiary/aromatic N) is 1. The van der Waals surface area contributed by atoms with Crippen LogP contribution in [0.15, 0.2) is 35.3 Å². The molecule has 1 saturated heterocycles. The van der Waals surface area contributed by atoms with E-state index in [0.717, 1.165) is 45.0 Å². The zero-order valence-corrected chi connectivity index (χ0v) is 23.0. The van der Waals surface area contributed by atoms with E-state index in [1.807, 2.05) is 26.8 Å². The summed E-state index contributed by atoms with van der Waals surface area (Å²) in [5.74, 6) is 0.752. The van der Waals surface area contributed by atoms with Crippen LogP contribution in [0.25, 0.3) is 0 Å². The van der Waals surface area contributed by atoms with Crippen LogP contribution in [0, 0.1) is 0 Å². The van der Waals surface area contributed by atoms with Crippen LogP contribution in [-0.2, 0) is 9.47 Å². The summed E-state index contributed by atoms with van der Waals surface area (Å²) in [6.45, 7) is 11.2. The third-order valence-electron chi connectivity index (χ3n) is 5.40. The van der Waals surface area contributed by atoms with Gasteiger partial charge in [0.2, 0.25) is 0 Å². The minimum Gasteiger partial charge on any atom is -0.444 e. The number of alkyl carbamates (subject to hydrolysis) is 1. The quantitative estimate of drug-likeness (QED) is 0.156. The van der Waals surface area contributed by atoms with Crippen molar-refractivity contribution in [2.75, 3.05) is 39.9 Å². The molecule has 0 bridgehead atoms. The van der Waals surface area contributed by atoms with E-state index in [2.05, 4.69) is 57.4 Å². The van der Waals surface area contributed by atoms with Crippen molar-refractivity contribution in [3.8, 4) is 0 Å². The van der Waals surface area contributed by atoms with Crippen molar-refractivity contribution in [2.45, 2.75) is 64.1 Å². The first-order valence-corrected chi connectivity index (χ1v) is 11.5. The molecule has 1 amide bonds. The summed E-state index contributed by atoms with van der Waals surface area (Å²) in [5.41, 5.74) is 0.725. The van der Waals surface area contributed by atoms with Gasteiger partial charge in [0.15, 0.2) is 5.96 Å². The first kappa shape index (κ1) is 29.4. The van der Waals surface area contributed by atoms with Gasteiger partial charge in [-0.3, -0.25) is 4.99 Å². The van der Waals surface area contributed by atoms with Gasteiger partial charge in [-0.15, -0.1) is 24.0 Å². The minimum absolute atomic E-state index is 0. The number of rotatable bonds is 9. The van der Waals surface area contributed by atoms with E-state index in [1.54, 1.807) is 7.05 Å². The lowest BCUT2D eigenvalue weighted by Gasteiger charge is -2.41. The number of nitrogens with one attached hydrogen (secondary N) is 4. The third kappa shape index (κ3) is 11.4. The van der Waals surface area contributed by atoms with Crippen LogP contribution in [0.5, 0.6) is 0 Å². The number of carbonyl (C=O) groups is 1. The Kier molecular flexibility index (Phi) is 13.0. The molecule has 4 N–H and O–H groups in total. The molecule has 33 heavy (non-hydrogen) atoms. The van der Waals surface area contributed by atoms with E-state index >= 15 is 0 Å². The summed E-state index contributed by atoms with van der Waals surface area (Å²) in [5, 5.41) is 13.4. The van der Waals surface area contributed by atoms with Crippen LogP contribution >= 0.6 is 24.0 Å². The van der Waals surface area contributed by atoms with Crippen LogP contribution in [-0.4, -0.2) is 63.1 Å². The fourth-order valence-corrected chi connectivity index (χ4v) is 3.69. The molecule has 1 aromatic rings. The summed E-state index contributed by atoms with van der Waals surface area (Å²) in [7, 11) is 1.77. The average Bonchev–Trinajstić information content (AvgIpc) is 2.75. The first-order valence-electron chi connectivity index (χ1n) is 11.5. The SMILES string of the molecule is CN=C(NCCCNC(=O)OC(C)(C)C)NCC1(NC(C)c2ccccc2)CCOCC1.I. The lowest BCUT2D eigenvalue weighted by Crippen LogP contribution is -2.58. The Morgan fingerprint density at radius 1 is 1.12 bits per heavy atom. The largest absolute Gasteiger partial charge is 0.444 e. The predicted molar refractivity (Wildman–Crippen MR) is 144 cm³/mol. The van der Waals surface area contributed by atoms with Gasteiger partial charge in [-0.05, 0) is 52.5 Å². The fourth-order valence-electron chi connectivity index (χ4n) is 3.69. The van der Waals surface area contributed by atoms with Gasteiger partial charge < -0.3 is 30.7 Å². The number of ether oxygens (including phenoxy) is 2. The topological polar surface area (TPSA) is 96.0 Å². The van der Waals surface area contributed by atoms with E-state index in [1.165, 1.54) is 5.56 Å². The average molecular weight is 576 g/mol. The molecule has 188 valence electrons. The molecule has 0 aromatic heterocycles. The van der Waals surface area contributed by atoms with Crippen molar-refractivity contribution in [3.05, 3.63) is 35.9 Å². The smallest absolute Gasteiger partial charge is 0.407 e. The summed E-state index contributed by atoms with van der Waals surface area (Å²) >= 11 is 0. The Labute approximate surface area is 216 Å². The number of halogens is 1. The van der Waals surface area contributed by atoms with Gasteiger partial charge in [-0.25, -0.2) is 4.79 Å². The number of benzene rings is 1. The summed E-state index contributed by atoms with van der Waals surface area (Å²) in [6, 6.07) is 10.7. The summed E-state index contributed by atoms with van der Waals surface area (Å²) in [6.07, 6.45) is 2.25. The molecule has 0 radical (unpaired) electrons. The van der Waals surface area contributed by atoms with Gasteiger partial charge in [0.1, 0.15) is 5.60 Å². The van der Waals surface area contributed by atoms with Crippen LogP contribution in [0.3, 0.4) is 0 Å². The minimum atomic E-state index is -0.486. The van der Waals surface area contributed by atoms with E-state index in [9.17, 15) is 4.79 Å². The molecule has 9 heteroatoms. The van der Waals surface area contributed by atoms with Gasteiger partial charge in [0.25, 0.3) is 0 Å². The number of guanidine groups is 1. The van der Waals surface area contributed by atoms with Gasteiger partial charge in [0.05, 0.1) is 0 Å². The van der Waals surface area contributed by atoms with Gasteiger partial charge in [-0.1, -0.05) is 30.3 Å². The Bertz CT molecular complexity index is 719. The second kappa shape index (κ2) is 14.6. The molecule has 1 aliphatic rings. The van der Waals surface area contributed by atoms with Crippen molar-refractivity contribution < 1.29 is 14.3 Å². The molecule has 1 fully saturated rings. The highest BCUT2D eigenvalue weighted by molar-refractivity contribution is 14.0. The molecule has 1 aliphatic heterocycles. The predicted octanol–water partition coefficient (Wildman–Crippen LogP) is 3.58. The molecule has 1 unspecified atom stereocenters. The molecule has 1 atom stereocenters. The molecular formula is C24H42IN5O3. The molecule has 0 saturated carbocycles. The van der Waals surface area contributed by atoms with E-state index < -0.39 is 5.60 Å². The highest BCUT2D eigenvalue weighted by atomic mass is 127. The first-order chi connectivity index (χ1) is 15.2. The van der Waals surface area contributed by atoms with Gasteiger partial charge >= 0.3 is 6.09 Å².